The average molecular weight is 961 g/mol. The number of ether oxygens (including phenoxy) is 1. The summed E-state index contributed by atoms with van der Waals surface area (Å²) >= 11 is 0. The fourth-order valence-corrected chi connectivity index (χ4v) is 9.81. The summed E-state index contributed by atoms with van der Waals surface area (Å²) in [6.45, 7) is 4.94. The Labute approximate surface area is 425 Å². The van der Waals surface area contributed by atoms with Gasteiger partial charge in [0.25, 0.3) is 0 Å². The van der Waals surface area contributed by atoms with Gasteiger partial charge < -0.3 is 20.3 Å². The van der Waals surface area contributed by atoms with Crippen LogP contribution in [0.2, 0.25) is 0 Å². The number of aliphatic hydroxyl groups is 2. The lowest BCUT2D eigenvalue weighted by molar-refractivity contribution is -0.143. The summed E-state index contributed by atoms with van der Waals surface area (Å²) in [5.74, 6) is -0.0690. The van der Waals surface area contributed by atoms with Crippen LogP contribution in [0.15, 0.2) is 12.2 Å². The Hall–Kier alpha value is -1.40. The molecule has 0 rings (SSSR count). The first-order valence-corrected chi connectivity index (χ1v) is 30.9. The highest BCUT2D eigenvalue weighted by atomic mass is 16.5. The smallest absolute Gasteiger partial charge is 0.305 e. The van der Waals surface area contributed by atoms with E-state index in [1.54, 1.807) is 0 Å². The van der Waals surface area contributed by atoms with Gasteiger partial charge >= 0.3 is 5.97 Å². The van der Waals surface area contributed by atoms with E-state index >= 15 is 0 Å². The number of hydrogen-bond donors (Lipinski definition) is 3. The lowest BCUT2D eigenvalue weighted by atomic mass is 10.0. The summed E-state index contributed by atoms with van der Waals surface area (Å²) in [5, 5.41) is 23.3. The Morgan fingerprint density at radius 3 is 1.06 bits per heavy atom. The summed E-state index contributed by atoms with van der Waals surface area (Å²) < 4.78 is 5.47. The van der Waals surface area contributed by atoms with Gasteiger partial charge in [0.1, 0.15) is 0 Å². The molecule has 0 radical (unpaired) electrons. The third-order valence-electron chi connectivity index (χ3n) is 14.6. The van der Waals surface area contributed by atoms with Crippen LogP contribution < -0.4 is 5.32 Å². The van der Waals surface area contributed by atoms with Crippen LogP contribution in [-0.4, -0.2) is 47.4 Å². The van der Waals surface area contributed by atoms with Crippen LogP contribution in [-0.2, 0) is 14.3 Å². The molecule has 0 saturated carbocycles. The zero-order chi connectivity index (χ0) is 49.3. The molecule has 0 fully saturated rings. The molecule has 6 heteroatoms. The van der Waals surface area contributed by atoms with E-state index in [1.807, 2.05) is 0 Å². The maximum absolute atomic E-state index is 12.5. The normalized spacial score (nSPS) is 12.6. The van der Waals surface area contributed by atoms with Crippen LogP contribution in [0.5, 0.6) is 0 Å². The predicted molar refractivity (Wildman–Crippen MR) is 297 cm³/mol. The maximum Gasteiger partial charge on any atom is 0.305 e. The van der Waals surface area contributed by atoms with E-state index in [9.17, 15) is 19.8 Å². The van der Waals surface area contributed by atoms with Gasteiger partial charge in [0, 0.05) is 12.8 Å². The highest BCUT2D eigenvalue weighted by molar-refractivity contribution is 5.76. The molecular formula is C62H121NO5. The molecule has 0 aromatic rings. The number of allylic oxidation sites excluding steroid dienone is 2. The van der Waals surface area contributed by atoms with Gasteiger partial charge in [0.05, 0.1) is 25.4 Å². The van der Waals surface area contributed by atoms with Gasteiger partial charge in [-0.05, 0) is 51.4 Å². The molecule has 0 aliphatic heterocycles. The van der Waals surface area contributed by atoms with Gasteiger partial charge in [-0.1, -0.05) is 296 Å². The molecule has 0 aromatic heterocycles. The van der Waals surface area contributed by atoms with Crippen molar-refractivity contribution in [3.8, 4) is 0 Å². The average Bonchev–Trinajstić information content (AvgIpc) is 3.34. The summed E-state index contributed by atoms with van der Waals surface area (Å²) in [6, 6.07) is -0.562. The summed E-state index contributed by atoms with van der Waals surface area (Å²) in [7, 11) is 0. The Balaban J connectivity index is 3.46. The number of rotatable bonds is 58. The second-order valence-electron chi connectivity index (χ2n) is 21.4. The van der Waals surface area contributed by atoms with Crippen molar-refractivity contribution in [1.29, 1.82) is 0 Å². The molecular weight excluding hydrogens is 839 g/mol. The zero-order valence-corrected chi connectivity index (χ0v) is 46.1. The molecule has 68 heavy (non-hydrogen) atoms. The molecule has 0 saturated heterocycles. The number of unbranched alkanes of at least 4 members (excludes halogenated alkanes) is 45. The second kappa shape index (κ2) is 58.2. The van der Waals surface area contributed by atoms with Crippen molar-refractivity contribution in [3.05, 3.63) is 12.2 Å². The van der Waals surface area contributed by atoms with E-state index in [2.05, 4.69) is 31.3 Å². The zero-order valence-electron chi connectivity index (χ0n) is 46.1. The van der Waals surface area contributed by atoms with Gasteiger partial charge in [-0.3, -0.25) is 9.59 Å². The Bertz CT molecular complexity index is 1020. The van der Waals surface area contributed by atoms with Crippen molar-refractivity contribution in [2.75, 3.05) is 13.2 Å². The van der Waals surface area contributed by atoms with Gasteiger partial charge in [0.2, 0.25) is 5.91 Å². The summed E-state index contributed by atoms with van der Waals surface area (Å²) in [6.07, 6.45) is 69.3. The lowest BCUT2D eigenvalue weighted by Gasteiger charge is -2.22. The standard InChI is InChI=1S/C62H121NO5/c1-3-5-7-9-11-13-15-17-19-20-21-22-23-24-25-26-28-30-34-38-42-46-50-54-60(65)59(58-64)63-61(66)55-51-47-43-39-35-31-29-33-37-41-45-49-53-57-68-62(67)56-52-48-44-40-36-32-27-18-16-14-12-10-8-6-4-2/h31,35,59-60,64-65H,3-30,32-34,36-58H2,1-2H3,(H,63,66)/b35-31-. The van der Waals surface area contributed by atoms with Crippen LogP contribution in [0.4, 0.5) is 0 Å². The van der Waals surface area contributed by atoms with Crippen LogP contribution in [0, 0.1) is 0 Å². The van der Waals surface area contributed by atoms with Crippen molar-refractivity contribution in [3.63, 3.8) is 0 Å². The van der Waals surface area contributed by atoms with Crippen LogP contribution in [0.25, 0.3) is 0 Å². The van der Waals surface area contributed by atoms with Crippen LogP contribution in [0.1, 0.15) is 348 Å². The Morgan fingerprint density at radius 1 is 0.397 bits per heavy atom. The number of esters is 1. The molecule has 0 aliphatic carbocycles. The number of amides is 1. The molecule has 2 unspecified atom stereocenters. The van der Waals surface area contributed by atoms with Gasteiger partial charge in [-0.25, -0.2) is 0 Å². The fraction of sp³-hybridized carbons (Fsp3) is 0.935. The van der Waals surface area contributed by atoms with Gasteiger partial charge in [-0.2, -0.15) is 0 Å². The third-order valence-corrected chi connectivity index (χ3v) is 14.6. The molecule has 0 spiro atoms. The molecule has 1 amide bonds. The molecule has 0 bridgehead atoms. The summed E-state index contributed by atoms with van der Waals surface area (Å²) in [5.41, 5.74) is 0. The number of carbonyl (C=O) groups excluding carboxylic acids is 2. The van der Waals surface area contributed by atoms with Crippen molar-refractivity contribution < 1.29 is 24.5 Å². The Morgan fingerprint density at radius 2 is 0.691 bits per heavy atom. The van der Waals surface area contributed by atoms with E-state index in [4.69, 9.17) is 4.74 Å². The van der Waals surface area contributed by atoms with E-state index < -0.39 is 12.1 Å². The number of aliphatic hydroxyl groups excluding tert-OH is 2. The molecule has 0 heterocycles. The van der Waals surface area contributed by atoms with Crippen LogP contribution >= 0.6 is 0 Å². The van der Waals surface area contributed by atoms with E-state index in [0.29, 0.717) is 25.9 Å². The largest absolute Gasteiger partial charge is 0.466 e. The third kappa shape index (κ3) is 53.9. The van der Waals surface area contributed by atoms with Crippen molar-refractivity contribution in [1.82, 2.24) is 5.32 Å². The number of hydrogen-bond acceptors (Lipinski definition) is 5. The quantitative estimate of drug-likeness (QED) is 0.0321. The minimum atomic E-state index is -0.682. The minimum Gasteiger partial charge on any atom is -0.466 e. The van der Waals surface area contributed by atoms with Gasteiger partial charge in [0.15, 0.2) is 0 Å². The highest BCUT2D eigenvalue weighted by Crippen LogP contribution is 2.18. The molecule has 404 valence electrons. The summed E-state index contributed by atoms with van der Waals surface area (Å²) in [4.78, 5) is 24.6. The first-order chi connectivity index (χ1) is 33.5. The maximum atomic E-state index is 12.5. The monoisotopic (exact) mass is 960 g/mol. The topological polar surface area (TPSA) is 95.9 Å². The van der Waals surface area contributed by atoms with Crippen molar-refractivity contribution in [2.45, 2.75) is 360 Å². The van der Waals surface area contributed by atoms with Crippen molar-refractivity contribution >= 4 is 11.9 Å². The van der Waals surface area contributed by atoms with Gasteiger partial charge in [-0.15, -0.1) is 0 Å². The second-order valence-corrected chi connectivity index (χ2v) is 21.4. The predicted octanol–water partition coefficient (Wildman–Crippen LogP) is 19.2. The van der Waals surface area contributed by atoms with E-state index in [-0.39, 0.29) is 18.5 Å². The molecule has 6 nitrogen and oxygen atoms in total. The SMILES string of the molecule is CCCCCCCCCCCCCCCCCCCCCCCCCC(O)C(CO)NC(=O)CCCCC/C=C\CCCCCCCCOC(=O)CCCCCCCCCCCCCCCCC. The fourth-order valence-electron chi connectivity index (χ4n) is 9.81. The molecule has 0 aromatic carbocycles. The molecule has 2 atom stereocenters. The van der Waals surface area contributed by atoms with E-state index in [1.165, 1.54) is 244 Å². The lowest BCUT2D eigenvalue weighted by Crippen LogP contribution is -2.45. The highest BCUT2D eigenvalue weighted by Gasteiger charge is 2.20. The van der Waals surface area contributed by atoms with Crippen molar-refractivity contribution in [2.24, 2.45) is 0 Å². The Kier molecular flexibility index (Phi) is 57.0. The van der Waals surface area contributed by atoms with Crippen LogP contribution in [0.3, 0.4) is 0 Å². The molecule has 0 aliphatic rings. The number of carbonyl (C=O) groups is 2. The minimum absolute atomic E-state index is 0.00846. The van der Waals surface area contributed by atoms with E-state index in [0.717, 1.165) is 70.6 Å². The first-order valence-electron chi connectivity index (χ1n) is 30.9. The molecule has 3 N–H and O–H groups in total. The first kappa shape index (κ1) is 66.6. The number of nitrogens with one attached hydrogen (secondary N) is 1.